The Balaban J connectivity index is 1.28. The molecule has 2 amide bonds. The van der Waals surface area contributed by atoms with Gasteiger partial charge in [-0.1, -0.05) is 11.6 Å². The number of carbonyl (C=O) groups is 2. The van der Waals surface area contributed by atoms with Gasteiger partial charge in [0, 0.05) is 30.1 Å². The summed E-state index contributed by atoms with van der Waals surface area (Å²) in [7, 11) is 0. The first-order valence-electron chi connectivity index (χ1n) is 9.32. The lowest BCUT2D eigenvalue weighted by Gasteiger charge is -2.32. The lowest BCUT2D eigenvalue weighted by molar-refractivity contribution is -0.131. The fourth-order valence-corrected chi connectivity index (χ4v) is 5.26. The Labute approximate surface area is 181 Å². The van der Waals surface area contributed by atoms with Crippen molar-refractivity contribution in [2.24, 2.45) is 0 Å². The van der Waals surface area contributed by atoms with E-state index in [1.807, 2.05) is 29.3 Å². The van der Waals surface area contributed by atoms with Gasteiger partial charge in [0.15, 0.2) is 5.76 Å². The summed E-state index contributed by atoms with van der Waals surface area (Å²) in [6, 6.07) is 5.61. The van der Waals surface area contributed by atoms with Crippen LogP contribution in [0.15, 0.2) is 34.3 Å². The van der Waals surface area contributed by atoms with Gasteiger partial charge in [0.25, 0.3) is 5.91 Å². The molecule has 0 atom stereocenters. The number of halogens is 1. The second-order valence-corrected chi connectivity index (χ2v) is 9.56. The van der Waals surface area contributed by atoms with Crippen molar-refractivity contribution in [2.75, 3.05) is 13.1 Å². The third-order valence-corrected chi connectivity index (χ3v) is 7.21. The van der Waals surface area contributed by atoms with Crippen LogP contribution in [0, 0.1) is 6.92 Å². The van der Waals surface area contributed by atoms with E-state index in [1.54, 1.807) is 6.07 Å². The Bertz CT molecular complexity index is 1020. The van der Waals surface area contributed by atoms with Gasteiger partial charge in [-0.15, -0.1) is 22.7 Å². The van der Waals surface area contributed by atoms with Crippen molar-refractivity contribution in [2.45, 2.75) is 32.2 Å². The molecule has 0 bridgehead atoms. The van der Waals surface area contributed by atoms with Crippen LogP contribution >= 0.6 is 34.3 Å². The number of likely N-dealkylation sites (tertiary alicyclic amines) is 1. The number of aromatic nitrogens is 1. The topological polar surface area (TPSA) is 75.4 Å². The normalized spacial score (nSPS) is 14.9. The molecule has 0 saturated carbocycles. The zero-order valence-electron chi connectivity index (χ0n) is 15.8. The molecule has 1 aliphatic rings. The summed E-state index contributed by atoms with van der Waals surface area (Å²) in [6.07, 6.45) is 3.27. The van der Waals surface area contributed by atoms with E-state index in [9.17, 15) is 9.59 Å². The Morgan fingerprint density at radius 2 is 2.10 bits per heavy atom. The fourth-order valence-electron chi connectivity index (χ4n) is 3.33. The second-order valence-electron chi connectivity index (χ2n) is 6.99. The van der Waals surface area contributed by atoms with E-state index >= 15 is 0 Å². The smallest absolute Gasteiger partial charge is 0.287 e. The van der Waals surface area contributed by atoms with Crippen molar-refractivity contribution >= 4 is 46.1 Å². The van der Waals surface area contributed by atoms with Crippen molar-refractivity contribution in [1.29, 1.82) is 0 Å². The second kappa shape index (κ2) is 8.69. The highest BCUT2D eigenvalue weighted by Crippen LogP contribution is 2.33. The highest BCUT2D eigenvalue weighted by atomic mass is 35.5. The molecule has 29 heavy (non-hydrogen) atoms. The average Bonchev–Trinajstić information content (AvgIpc) is 3.43. The number of piperidine rings is 1. The summed E-state index contributed by atoms with van der Waals surface area (Å²) < 4.78 is 5.97. The van der Waals surface area contributed by atoms with Gasteiger partial charge < -0.3 is 14.6 Å². The molecule has 6 nitrogen and oxygen atoms in total. The summed E-state index contributed by atoms with van der Waals surface area (Å²) in [4.78, 5) is 32.4. The monoisotopic (exact) mass is 449 g/mol. The van der Waals surface area contributed by atoms with Crippen molar-refractivity contribution in [1.82, 2.24) is 15.2 Å². The van der Waals surface area contributed by atoms with Gasteiger partial charge in [0.1, 0.15) is 5.01 Å². The van der Waals surface area contributed by atoms with E-state index in [-0.39, 0.29) is 24.3 Å². The summed E-state index contributed by atoms with van der Waals surface area (Å²) in [5, 5.41) is 5.82. The molecule has 4 heterocycles. The third kappa shape index (κ3) is 4.71. The highest BCUT2D eigenvalue weighted by Gasteiger charge is 2.25. The summed E-state index contributed by atoms with van der Waals surface area (Å²) in [5.74, 6) is 0.230. The van der Waals surface area contributed by atoms with Crippen molar-refractivity contribution in [3.05, 3.63) is 51.2 Å². The van der Waals surface area contributed by atoms with Gasteiger partial charge in [0.05, 0.1) is 27.6 Å². The number of carbonyl (C=O) groups excluding carboxylic acids is 2. The van der Waals surface area contributed by atoms with E-state index in [0.29, 0.717) is 18.8 Å². The summed E-state index contributed by atoms with van der Waals surface area (Å²) in [5.41, 5.74) is 1.60. The number of aryl methyl sites for hydroxylation is 1. The number of furan rings is 1. The zero-order valence-corrected chi connectivity index (χ0v) is 18.2. The maximum absolute atomic E-state index is 12.6. The quantitative estimate of drug-likeness (QED) is 0.626. The Morgan fingerprint density at radius 1 is 1.31 bits per heavy atom. The molecule has 3 aromatic rings. The van der Waals surface area contributed by atoms with E-state index in [1.165, 1.54) is 28.9 Å². The third-order valence-electron chi connectivity index (χ3n) is 4.92. The molecule has 152 valence electrons. The van der Waals surface area contributed by atoms with Gasteiger partial charge in [-0.3, -0.25) is 9.59 Å². The molecule has 0 aliphatic carbocycles. The van der Waals surface area contributed by atoms with Crippen LogP contribution in [0.1, 0.15) is 34.7 Å². The van der Waals surface area contributed by atoms with E-state index in [4.69, 9.17) is 16.0 Å². The maximum Gasteiger partial charge on any atom is 0.287 e. The lowest BCUT2D eigenvalue weighted by atomic mass is 10.0. The predicted octanol–water partition coefficient (Wildman–Crippen LogP) is 4.39. The fraction of sp³-hybridized carbons (Fsp3) is 0.350. The average molecular weight is 450 g/mol. The molecule has 0 spiro atoms. The molecule has 0 aromatic carbocycles. The summed E-state index contributed by atoms with van der Waals surface area (Å²) in [6.45, 7) is 3.09. The van der Waals surface area contributed by atoms with Crippen molar-refractivity contribution < 1.29 is 14.0 Å². The molecule has 0 unspecified atom stereocenters. The van der Waals surface area contributed by atoms with Crippen LogP contribution in [0.5, 0.6) is 0 Å². The van der Waals surface area contributed by atoms with Crippen LogP contribution in [0.25, 0.3) is 9.88 Å². The van der Waals surface area contributed by atoms with Gasteiger partial charge in [-0.25, -0.2) is 4.98 Å². The van der Waals surface area contributed by atoms with Crippen LogP contribution in [0.2, 0.25) is 4.34 Å². The molecular weight excluding hydrogens is 430 g/mol. The van der Waals surface area contributed by atoms with Crippen LogP contribution in [0.3, 0.4) is 0 Å². The Morgan fingerprint density at radius 3 is 2.76 bits per heavy atom. The number of hydrogen-bond acceptors (Lipinski definition) is 6. The molecule has 3 aromatic heterocycles. The number of rotatable bonds is 5. The first-order chi connectivity index (χ1) is 14.0. The minimum absolute atomic E-state index is 0.0468. The number of nitrogens with one attached hydrogen (secondary N) is 1. The number of thiophene rings is 1. The molecule has 1 fully saturated rings. The van der Waals surface area contributed by atoms with E-state index in [2.05, 4.69) is 10.3 Å². The van der Waals surface area contributed by atoms with Crippen LogP contribution in [-0.2, 0) is 11.2 Å². The standard InChI is InChI=1S/C20H20ClN3O3S2/c1-12-6-9-27-18(12)19(26)22-13-4-7-24(8-5-13)17(25)10-14-11-28-20(23-14)15-2-3-16(21)29-15/h2-3,6,9,11,13H,4-5,7-8,10H2,1H3,(H,22,26). The highest BCUT2D eigenvalue weighted by molar-refractivity contribution is 7.23. The molecule has 1 saturated heterocycles. The lowest BCUT2D eigenvalue weighted by Crippen LogP contribution is -2.47. The van der Waals surface area contributed by atoms with Crippen LogP contribution < -0.4 is 5.32 Å². The first-order valence-corrected chi connectivity index (χ1v) is 11.4. The number of nitrogens with zero attached hydrogens (tertiary/aromatic N) is 2. The Kier molecular flexibility index (Phi) is 6.03. The number of thiazole rings is 1. The van der Waals surface area contributed by atoms with Gasteiger partial charge in [-0.2, -0.15) is 0 Å². The maximum atomic E-state index is 12.6. The van der Waals surface area contributed by atoms with Crippen LogP contribution in [0.4, 0.5) is 0 Å². The van der Waals surface area contributed by atoms with Gasteiger partial charge in [-0.05, 0) is 38.0 Å². The first kappa shape index (κ1) is 20.1. The molecule has 1 N–H and O–H groups in total. The SMILES string of the molecule is Cc1ccoc1C(=O)NC1CCN(C(=O)Cc2csc(-c3ccc(Cl)s3)n2)CC1. The number of amides is 2. The van der Waals surface area contributed by atoms with E-state index < -0.39 is 0 Å². The molecule has 0 radical (unpaired) electrons. The summed E-state index contributed by atoms with van der Waals surface area (Å²) >= 11 is 8.99. The number of hydrogen-bond donors (Lipinski definition) is 1. The minimum atomic E-state index is -0.194. The van der Waals surface area contributed by atoms with Crippen molar-refractivity contribution in [3.8, 4) is 9.88 Å². The molecule has 4 rings (SSSR count). The molecule has 1 aliphatic heterocycles. The van der Waals surface area contributed by atoms with Crippen molar-refractivity contribution in [3.63, 3.8) is 0 Å². The zero-order chi connectivity index (χ0) is 20.4. The van der Waals surface area contributed by atoms with Crippen LogP contribution in [-0.4, -0.2) is 40.8 Å². The van der Waals surface area contributed by atoms with Gasteiger partial charge in [0.2, 0.25) is 5.91 Å². The minimum Gasteiger partial charge on any atom is -0.459 e. The molecule has 9 heteroatoms. The Hall–Kier alpha value is -2.16. The van der Waals surface area contributed by atoms with E-state index in [0.717, 1.165) is 38.3 Å². The predicted molar refractivity (Wildman–Crippen MR) is 115 cm³/mol. The largest absolute Gasteiger partial charge is 0.459 e. The van der Waals surface area contributed by atoms with Gasteiger partial charge >= 0.3 is 0 Å². The molecular formula is C20H20ClN3O3S2.